The van der Waals surface area contributed by atoms with Gasteiger partial charge in [0.15, 0.2) is 0 Å². The molecule has 0 N–H and O–H groups in total. The maximum atomic E-state index is 3.68. The third-order valence-electron chi connectivity index (χ3n) is 3.77. The molecule has 0 nitrogen and oxygen atoms in total. The summed E-state index contributed by atoms with van der Waals surface area (Å²) in [5, 5.41) is 2.72. The van der Waals surface area contributed by atoms with Crippen LogP contribution in [0, 0.1) is 6.07 Å². The SMILES string of the molecule is CCCc1[c]c2ccccc2c(CCC)c1CCC. The van der Waals surface area contributed by atoms with Crippen molar-refractivity contribution in [1.82, 2.24) is 0 Å². The molecule has 0 spiro atoms. The monoisotopic (exact) mass is 253 g/mol. The molecule has 0 bridgehead atoms. The maximum Gasteiger partial charge on any atom is -0.00612 e. The molecule has 19 heavy (non-hydrogen) atoms. The summed E-state index contributed by atoms with van der Waals surface area (Å²) in [6.45, 7) is 6.82. The molecule has 0 aliphatic rings. The molecule has 0 saturated heterocycles. The van der Waals surface area contributed by atoms with Gasteiger partial charge in [0.1, 0.15) is 0 Å². The van der Waals surface area contributed by atoms with Gasteiger partial charge in [-0.15, -0.1) is 0 Å². The van der Waals surface area contributed by atoms with Gasteiger partial charge >= 0.3 is 0 Å². The van der Waals surface area contributed by atoms with Gasteiger partial charge in [-0.05, 0) is 52.8 Å². The van der Waals surface area contributed by atoms with Gasteiger partial charge in [-0.1, -0.05) is 64.3 Å². The second-order valence-electron chi connectivity index (χ2n) is 5.36. The molecule has 0 heterocycles. The highest BCUT2D eigenvalue weighted by Gasteiger charge is 2.12. The standard InChI is InChI=1S/C19H25/c1-4-9-15-14-16-12-7-8-13-18(16)19(11-6-3)17(15)10-5-2/h7-8,12-13H,4-6,9-11H2,1-3H3. The van der Waals surface area contributed by atoms with Crippen molar-refractivity contribution in [2.75, 3.05) is 0 Å². The summed E-state index contributed by atoms with van der Waals surface area (Å²) in [5.74, 6) is 0. The zero-order chi connectivity index (χ0) is 13.7. The van der Waals surface area contributed by atoms with Gasteiger partial charge < -0.3 is 0 Å². The van der Waals surface area contributed by atoms with Crippen LogP contribution in [0.2, 0.25) is 0 Å². The Morgan fingerprint density at radius 3 is 2.11 bits per heavy atom. The lowest BCUT2D eigenvalue weighted by molar-refractivity contribution is 0.831. The van der Waals surface area contributed by atoms with Gasteiger partial charge in [-0.25, -0.2) is 0 Å². The van der Waals surface area contributed by atoms with Crippen LogP contribution in [0.3, 0.4) is 0 Å². The van der Waals surface area contributed by atoms with Crippen LogP contribution in [0.4, 0.5) is 0 Å². The number of hydrogen-bond donors (Lipinski definition) is 0. The van der Waals surface area contributed by atoms with E-state index in [9.17, 15) is 0 Å². The third kappa shape index (κ3) is 3.00. The van der Waals surface area contributed by atoms with Crippen LogP contribution < -0.4 is 0 Å². The van der Waals surface area contributed by atoms with Crippen molar-refractivity contribution in [3.05, 3.63) is 47.0 Å². The molecule has 0 fully saturated rings. The Hall–Kier alpha value is -1.30. The second-order valence-corrected chi connectivity index (χ2v) is 5.36. The van der Waals surface area contributed by atoms with E-state index in [1.54, 1.807) is 11.1 Å². The molecule has 0 saturated carbocycles. The second kappa shape index (κ2) is 6.75. The van der Waals surface area contributed by atoms with E-state index in [2.05, 4.69) is 51.1 Å². The van der Waals surface area contributed by atoms with Crippen molar-refractivity contribution in [2.45, 2.75) is 59.3 Å². The minimum Gasteiger partial charge on any atom is -0.0651 e. The summed E-state index contributed by atoms with van der Waals surface area (Å²) in [4.78, 5) is 0. The summed E-state index contributed by atoms with van der Waals surface area (Å²) in [6.07, 6.45) is 7.21. The molecule has 0 unspecified atom stereocenters. The number of hydrogen-bond acceptors (Lipinski definition) is 0. The predicted molar refractivity (Wildman–Crippen MR) is 84.8 cm³/mol. The van der Waals surface area contributed by atoms with E-state index in [4.69, 9.17) is 0 Å². The molecule has 0 atom stereocenters. The van der Waals surface area contributed by atoms with E-state index in [0.717, 1.165) is 6.42 Å². The van der Waals surface area contributed by atoms with Crippen LogP contribution in [0.5, 0.6) is 0 Å². The topological polar surface area (TPSA) is 0 Å². The van der Waals surface area contributed by atoms with E-state index in [-0.39, 0.29) is 0 Å². The fourth-order valence-electron chi connectivity index (χ4n) is 2.99. The lowest BCUT2D eigenvalue weighted by Crippen LogP contribution is -2.02. The van der Waals surface area contributed by atoms with Crippen LogP contribution in [-0.2, 0) is 19.3 Å². The first-order valence-corrected chi connectivity index (χ1v) is 7.76. The van der Waals surface area contributed by atoms with Crippen molar-refractivity contribution >= 4 is 10.8 Å². The lowest BCUT2D eigenvalue weighted by Gasteiger charge is -2.17. The minimum atomic E-state index is 1.16. The van der Waals surface area contributed by atoms with Crippen molar-refractivity contribution in [3.8, 4) is 0 Å². The predicted octanol–water partition coefficient (Wildman–Crippen LogP) is 5.50. The molecule has 0 aromatic heterocycles. The van der Waals surface area contributed by atoms with E-state index in [1.165, 1.54) is 48.4 Å². The summed E-state index contributed by atoms with van der Waals surface area (Å²) >= 11 is 0. The number of fused-ring (bicyclic) bond motifs is 1. The van der Waals surface area contributed by atoms with Crippen LogP contribution in [0.25, 0.3) is 10.8 Å². The van der Waals surface area contributed by atoms with Crippen LogP contribution in [0.15, 0.2) is 24.3 Å². The Kier molecular flexibility index (Phi) is 5.01. The fraction of sp³-hybridized carbons (Fsp3) is 0.474. The summed E-state index contributed by atoms with van der Waals surface area (Å²) < 4.78 is 0. The Bertz CT molecular complexity index is 537. The summed E-state index contributed by atoms with van der Waals surface area (Å²) in [7, 11) is 0. The Balaban J connectivity index is 2.67. The number of benzene rings is 2. The minimum absolute atomic E-state index is 1.16. The van der Waals surface area contributed by atoms with E-state index < -0.39 is 0 Å². The van der Waals surface area contributed by atoms with Gasteiger partial charge in [0, 0.05) is 0 Å². The van der Waals surface area contributed by atoms with Gasteiger partial charge in [-0.3, -0.25) is 0 Å². The van der Waals surface area contributed by atoms with Crippen molar-refractivity contribution < 1.29 is 0 Å². The molecule has 1 radical (unpaired) electrons. The largest absolute Gasteiger partial charge is 0.0651 e. The Morgan fingerprint density at radius 1 is 0.789 bits per heavy atom. The smallest absolute Gasteiger partial charge is 0.00612 e. The van der Waals surface area contributed by atoms with Crippen LogP contribution in [0.1, 0.15) is 56.7 Å². The summed E-state index contributed by atoms with van der Waals surface area (Å²) in [6, 6.07) is 12.4. The molecular weight excluding hydrogens is 228 g/mol. The molecule has 2 rings (SSSR count). The molecule has 0 aliphatic heterocycles. The molecular formula is C19H25. The van der Waals surface area contributed by atoms with Crippen molar-refractivity contribution in [3.63, 3.8) is 0 Å². The molecule has 2 aromatic carbocycles. The first-order valence-electron chi connectivity index (χ1n) is 7.76. The highest BCUT2D eigenvalue weighted by molar-refractivity contribution is 5.87. The zero-order valence-electron chi connectivity index (χ0n) is 12.6. The van der Waals surface area contributed by atoms with Crippen molar-refractivity contribution in [2.24, 2.45) is 0 Å². The van der Waals surface area contributed by atoms with Gasteiger partial charge in [0.05, 0.1) is 0 Å². The van der Waals surface area contributed by atoms with E-state index in [1.807, 2.05) is 0 Å². The molecule has 101 valence electrons. The third-order valence-corrected chi connectivity index (χ3v) is 3.77. The summed E-state index contributed by atoms with van der Waals surface area (Å²) in [5.41, 5.74) is 4.64. The van der Waals surface area contributed by atoms with Crippen LogP contribution >= 0.6 is 0 Å². The van der Waals surface area contributed by atoms with Gasteiger partial charge in [0.2, 0.25) is 0 Å². The highest BCUT2D eigenvalue weighted by atomic mass is 14.2. The fourth-order valence-corrected chi connectivity index (χ4v) is 2.99. The quantitative estimate of drug-likeness (QED) is 0.638. The Morgan fingerprint density at radius 2 is 1.42 bits per heavy atom. The van der Waals surface area contributed by atoms with E-state index in [0.29, 0.717) is 0 Å². The molecule has 0 heteroatoms. The Labute approximate surface area is 117 Å². The molecule has 0 amide bonds. The zero-order valence-corrected chi connectivity index (χ0v) is 12.6. The van der Waals surface area contributed by atoms with E-state index >= 15 is 0 Å². The molecule has 2 aromatic rings. The first kappa shape index (κ1) is 14.1. The van der Waals surface area contributed by atoms with Gasteiger partial charge in [-0.2, -0.15) is 0 Å². The lowest BCUT2D eigenvalue weighted by atomic mass is 9.88. The maximum absolute atomic E-state index is 3.68. The number of rotatable bonds is 6. The molecule has 0 aliphatic carbocycles. The first-order chi connectivity index (χ1) is 9.31. The normalized spacial score (nSPS) is 11.1. The van der Waals surface area contributed by atoms with Gasteiger partial charge in [0.25, 0.3) is 0 Å². The van der Waals surface area contributed by atoms with Crippen molar-refractivity contribution in [1.29, 1.82) is 0 Å². The van der Waals surface area contributed by atoms with Crippen LogP contribution in [-0.4, -0.2) is 0 Å². The highest BCUT2D eigenvalue weighted by Crippen LogP contribution is 2.28. The average molecular weight is 253 g/mol. The average Bonchev–Trinajstić information content (AvgIpc) is 2.43. The number of aryl methyl sites for hydroxylation is 2.